The number of ether oxygens (including phenoxy) is 6. The Kier molecular flexibility index (Phi) is 37.9. The standard InChI is InChI=1S/C16H26N3O6P.C16H25N2O7P.C16H25N2O6P.C15H25N2O5P.C15H25N2O4PS/c1-9(20)17-7-10-8-19(16(24)18-14(10)23)15-13(22)12(21)11(25-15)5-6-26(2,3)4;1-9(19)8-24-11-7-18(16(23)17-14(11)22)15-13(21)12(20)10(25-15)5-6-26(2,3)4;1-9(19)7-10-8-18(16(23)17-14(10)22)15-13(21)12(20)11(24-15)5-6-25(2,3)4;1-5-9-8-17(15(21)16-13(9)20)14-12(19)11(18)10(22-14)6-7-23(2,3)4;1-5-9-8-17(15(23)16-13(9)20)14-12(19)11(18)10(21-14)6-7-22(2,3)4/h8,11-13,15,21-22H,2,5-7H2,1,3-4H3,(H,17,20)(H,18,23,24);7,10,12-13,15,20-21H,2,5-6,8H2,1,3-4H3,(H,17,22,23);8,11-13,15,20-21H,2,5-7H2,1,3-4H3,(H,17,22,23);8,10-12,14,18-19H,2,5-7H2,1,3-4H3,(H,16,20,21);8,10-12,14,18-19H,2,5-7H2,1,3-4H3,(H,16,20,23)/t11-,12-,13?,15-;10-,12-,13?,15-;11-,12-,13?,15-;2*10-,11-,12?,14-/m11111/s1. The highest BCUT2D eigenvalue weighted by Crippen LogP contribution is 2.44. The van der Waals surface area contributed by atoms with Crippen LogP contribution in [-0.2, 0) is 63.9 Å². The summed E-state index contributed by atoms with van der Waals surface area (Å²) in [5.74, 6) is -1.11. The lowest BCUT2D eigenvalue weighted by atomic mass is 10.1. The molecule has 5 unspecified atom stereocenters. The number of nitrogens with zero attached hydrogens (tertiary/aromatic N) is 5. The predicted octanol–water partition coefficient (Wildman–Crippen LogP) is -1.50. The van der Waals surface area contributed by atoms with Crippen molar-refractivity contribution in [2.24, 2.45) is 0 Å². The molecule has 39 nitrogen and oxygen atoms in total. The van der Waals surface area contributed by atoms with Crippen molar-refractivity contribution < 1.29 is 93.9 Å². The lowest BCUT2D eigenvalue weighted by Gasteiger charge is -2.19. The molecule has 1 amide bonds. The smallest absolute Gasteiger partial charge is 0.330 e. The average molecular weight is 1850 g/mol. The Morgan fingerprint density at radius 3 is 0.919 bits per heavy atom. The van der Waals surface area contributed by atoms with E-state index in [4.69, 9.17) is 40.6 Å². The minimum atomic E-state index is -1.35. The van der Waals surface area contributed by atoms with Crippen molar-refractivity contribution >= 4 is 95.6 Å². The Balaban J connectivity index is 0.000000238. The van der Waals surface area contributed by atoms with Gasteiger partial charge in [0.2, 0.25) is 11.7 Å². The third-order valence-corrected chi connectivity index (χ3v) is 28.1. The first kappa shape index (κ1) is 105. The van der Waals surface area contributed by atoms with E-state index in [-0.39, 0.29) is 64.3 Å². The molecule has 45 heteroatoms. The number of amides is 1. The zero-order chi connectivity index (χ0) is 93.0. The normalized spacial score (nSPS) is 27.0. The number of H-pyrrole nitrogens is 5. The van der Waals surface area contributed by atoms with Crippen LogP contribution in [0.15, 0.2) is 74.1 Å². The van der Waals surface area contributed by atoms with Crippen LogP contribution in [0.2, 0.25) is 0 Å². The lowest BCUT2D eigenvalue weighted by molar-refractivity contribution is -0.119. The Morgan fingerprint density at radius 1 is 0.382 bits per heavy atom. The minimum Gasteiger partial charge on any atom is -0.479 e. The van der Waals surface area contributed by atoms with Gasteiger partial charge in [-0.3, -0.25) is 86.1 Å². The zero-order valence-corrected chi connectivity index (χ0v) is 77.6. The summed E-state index contributed by atoms with van der Waals surface area (Å²) in [4.78, 5) is 152. The number of carbonyl (C=O) groups is 3. The summed E-state index contributed by atoms with van der Waals surface area (Å²) >= 11 is 5.17. The van der Waals surface area contributed by atoms with Crippen LogP contribution in [0.25, 0.3) is 0 Å². The maximum absolute atomic E-state index is 12.1. The summed E-state index contributed by atoms with van der Waals surface area (Å²) in [5, 5.41) is 105. The molecule has 20 atom stereocenters. The molecule has 0 aliphatic carbocycles. The Morgan fingerprint density at radius 2 is 0.634 bits per heavy atom. The van der Waals surface area contributed by atoms with Gasteiger partial charge in [0, 0.05) is 61.4 Å². The molecule has 0 radical (unpaired) electrons. The monoisotopic (exact) mass is 1850 g/mol. The van der Waals surface area contributed by atoms with Crippen molar-refractivity contribution in [2.75, 3.05) is 104 Å². The summed E-state index contributed by atoms with van der Waals surface area (Å²) in [6, 6.07) is 0. The van der Waals surface area contributed by atoms with E-state index in [2.05, 4.69) is 115 Å². The van der Waals surface area contributed by atoms with Gasteiger partial charge in [0.15, 0.2) is 41.7 Å². The van der Waals surface area contributed by atoms with Crippen molar-refractivity contribution in [1.29, 1.82) is 0 Å². The third-order valence-electron chi connectivity index (χ3n) is 20.4. The predicted molar refractivity (Wildman–Crippen MR) is 484 cm³/mol. The molecular formula is C78H126N11O28P5S. The molecule has 123 heavy (non-hydrogen) atoms. The number of ketones is 2. The number of Topliss-reactive ketones (excluding diaryl/α,β-unsaturated/α-hetero) is 2. The van der Waals surface area contributed by atoms with Gasteiger partial charge in [0.05, 0.1) is 42.3 Å². The number of aliphatic hydroxyl groups excluding tert-OH is 10. The van der Waals surface area contributed by atoms with Gasteiger partial charge < -0.3 is 84.8 Å². The van der Waals surface area contributed by atoms with Gasteiger partial charge in [0.25, 0.3) is 27.8 Å². The van der Waals surface area contributed by atoms with Gasteiger partial charge in [-0.05, 0) is 168 Å². The van der Waals surface area contributed by atoms with E-state index < -0.39 is 202 Å². The number of aryl methyl sites for hydroxylation is 2. The van der Waals surface area contributed by atoms with Gasteiger partial charge in [-0.1, -0.05) is 13.8 Å². The van der Waals surface area contributed by atoms with Crippen LogP contribution in [0, 0.1) is 4.77 Å². The molecule has 5 fully saturated rings. The lowest BCUT2D eigenvalue weighted by Crippen LogP contribution is -2.39. The topological polar surface area (TPSA) is 578 Å². The minimum absolute atomic E-state index is 0.0695. The van der Waals surface area contributed by atoms with E-state index >= 15 is 0 Å². The number of hydrogen-bond donors (Lipinski definition) is 16. The highest BCUT2D eigenvalue weighted by Gasteiger charge is 2.49. The summed E-state index contributed by atoms with van der Waals surface area (Å²) in [6.07, 6.45) is 14.6. The van der Waals surface area contributed by atoms with Crippen molar-refractivity contribution in [3.8, 4) is 5.75 Å². The van der Waals surface area contributed by atoms with E-state index in [1.165, 1.54) is 43.9 Å². The first-order valence-electron chi connectivity index (χ1n) is 39.8. The Bertz CT molecular complexity index is 5170. The van der Waals surface area contributed by atoms with E-state index in [1.54, 1.807) is 13.1 Å². The molecule has 5 aliphatic rings. The number of aromatic amines is 5. The number of aromatic nitrogens is 10. The number of rotatable bonds is 29. The third kappa shape index (κ3) is 30.2. The first-order valence-corrected chi connectivity index (χ1v) is 55.5. The van der Waals surface area contributed by atoms with Gasteiger partial charge >= 0.3 is 22.8 Å². The highest BCUT2D eigenvalue weighted by molar-refractivity contribution is 7.73. The number of aliphatic hydroxyl groups is 10. The van der Waals surface area contributed by atoms with Crippen LogP contribution < -0.4 is 60.6 Å². The van der Waals surface area contributed by atoms with Gasteiger partial charge in [-0.15, -0.1) is 65.9 Å². The van der Waals surface area contributed by atoms with Crippen LogP contribution in [-0.4, -0.2) is 343 Å². The average Bonchev–Trinajstić information content (AvgIpc) is 1.68. The van der Waals surface area contributed by atoms with Gasteiger partial charge in [-0.2, -0.15) is 0 Å². The van der Waals surface area contributed by atoms with Crippen LogP contribution in [0.1, 0.15) is 120 Å². The SMILES string of the molecule is C=P(C)(C)CC[C@H]1O[C@@H](n2cc(CC(C)=O)c(=O)[nH]c2=O)C(O)[C@@H]1O.C=P(C)(C)CC[C@H]1O[C@@H](n2cc(CC)c(=O)[nH]c2=O)C(O)[C@@H]1O.C=P(C)(C)CC[C@H]1O[C@@H](n2cc(CC)c(=O)[nH]c2=S)C(O)[C@@H]1O.C=P(C)(C)CC[C@H]1O[C@@H](n2cc(CNC(C)=O)c(=O)[nH]c2=O)C(O)[C@@H]1O.C=P(C)(C)CC[C@H]1O[C@@H](n2cc(OCC(C)=O)c(=O)[nH]c2=O)C(O)[C@@H]1O. The number of carbonyl (C=O) groups excluding carboxylic acids is 3. The van der Waals surface area contributed by atoms with Gasteiger partial charge in [-0.25, -0.2) is 19.2 Å². The Hall–Kier alpha value is -6.67. The molecular weight excluding hydrogens is 1730 g/mol. The molecule has 5 saturated heterocycles. The van der Waals surface area contributed by atoms with Crippen molar-refractivity contribution in [1.82, 2.24) is 53.1 Å². The van der Waals surface area contributed by atoms with Gasteiger partial charge in [0.1, 0.15) is 73.4 Å². The fourth-order valence-corrected chi connectivity index (χ4v) is 18.4. The maximum Gasteiger partial charge on any atom is 0.330 e. The first-order chi connectivity index (χ1) is 56.7. The summed E-state index contributed by atoms with van der Waals surface area (Å²) in [5.41, 5.74) is -4.53. The van der Waals surface area contributed by atoms with Crippen LogP contribution in [0.3, 0.4) is 0 Å². The maximum atomic E-state index is 12.1. The molecule has 5 aromatic heterocycles. The highest BCUT2D eigenvalue weighted by atomic mass is 32.1. The number of nitrogens with one attached hydrogen (secondary N) is 6. The second kappa shape index (κ2) is 44.4. The molecule has 10 rings (SSSR count). The molecule has 0 saturated carbocycles. The van der Waals surface area contributed by atoms with Crippen LogP contribution in [0.5, 0.6) is 5.75 Å². The summed E-state index contributed by atoms with van der Waals surface area (Å²) < 4.78 is 39.6. The summed E-state index contributed by atoms with van der Waals surface area (Å²) in [7, 11) is 0. The van der Waals surface area contributed by atoms with Crippen LogP contribution >= 0.6 is 46.6 Å². The molecule has 0 aromatic carbocycles. The zero-order valence-electron chi connectivity index (χ0n) is 72.3. The molecule has 5 aliphatic heterocycles. The van der Waals surface area contributed by atoms with E-state index in [0.29, 0.717) is 56.1 Å². The number of hydrogen-bond acceptors (Lipinski definition) is 29. The molecule has 692 valence electrons. The van der Waals surface area contributed by atoms with E-state index in [9.17, 15) is 109 Å². The second-order valence-corrected chi connectivity index (χ2v) is 56.9. The molecule has 0 bridgehead atoms. The Labute approximate surface area is 715 Å². The molecule has 5 aromatic rings. The summed E-state index contributed by atoms with van der Waals surface area (Å²) in [6.45, 7) is 21.4. The largest absolute Gasteiger partial charge is 0.479 e. The second-order valence-electron chi connectivity index (χ2n) is 34.9. The van der Waals surface area contributed by atoms with Crippen molar-refractivity contribution in [3.63, 3.8) is 0 Å². The van der Waals surface area contributed by atoms with E-state index in [0.717, 1.165) is 55.3 Å². The molecule has 16 N–H and O–H groups in total. The fraction of sp³-hybridized carbons (Fsp3) is 0.641. The molecule has 10 heterocycles. The molecule has 0 spiro atoms. The quantitative estimate of drug-likeness (QED) is 0.0191. The van der Waals surface area contributed by atoms with Crippen molar-refractivity contribution in [2.45, 2.75) is 215 Å². The van der Waals surface area contributed by atoms with Crippen molar-refractivity contribution in [3.05, 3.63) is 152 Å². The fourth-order valence-electron chi connectivity index (χ4n) is 13.4. The van der Waals surface area contributed by atoms with E-state index in [1.807, 2.05) is 20.3 Å². The van der Waals surface area contributed by atoms with Crippen LogP contribution in [0.4, 0.5) is 0 Å².